The number of allylic oxidation sites excluding steroid dienone is 3. The molecule has 0 aromatic carbocycles. The van der Waals surface area contributed by atoms with Crippen molar-refractivity contribution in [1.29, 1.82) is 0 Å². The van der Waals surface area contributed by atoms with Crippen LogP contribution >= 0.6 is 0 Å². The van der Waals surface area contributed by atoms with Gasteiger partial charge in [0.15, 0.2) is 0 Å². The maximum absolute atomic E-state index is 2.08. The standard InChI is InChI=1S/C8H15N/c1-5-6-8(2)7-9(3)4/h5-7H,1-4H3. The summed E-state index contributed by atoms with van der Waals surface area (Å²) >= 11 is 0. The normalized spacial score (nSPS) is 12.7. The van der Waals surface area contributed by atoms with Crippen LogP contribution in [0.25, 0.3) is 0 Å². The van der Waals surface area contributed by atoms with Gasteiger partial charge in [0.25, 0.3) is 0 Å². The molecule has 0 aromatic heterocycles. The highest BCUT2D eigenvalue weighted by Gasteiger charge is 1.79. The first-order chi connectivity index (χ1) is 4.16. The molecule has 0 radical (unpaired) electrons. The highest BCUT2D eigenvalue weighted by Crippen LogP contribution is 1.94. The second kappa shape index (κ2) is 4.19. The molecule has 0 saturated carbocycles. The van der Waals surface area contributed by atoms with E-state index >= 15 is 0 Å². The van der Waals surface area contributed by atoms with Gasteiger partial charge in [-0.05, 0) is 19.4 Å². The summed E-state index contributed by atoms with van der Waals surface area (Å²) in [4.78, 5) is 2.04. The molecule has 1 heteroatoms. The molecule has 0 amide bonds. The molecule has 0 fully saturated rings. The van der Waals surface area contributed by atoms with Crippen LogP contribution in [-0.2, 0) is 0 Å². The fraction of sp³-hybridized carbons (Fsp3) is 0.500. The largest absolute Gasteiger partial charge is 0.383 e. The second-order valence-electron chi connectivity index (χ2n) is 2.34. The van der Waals surface area contributed by atoms with E-state index in [1.807, 2.05) is 32.0 Å². The molecule has 0 unspecified atom stereocenters. The van der Waals surface area contributed by atoms with Crippen LogP contribution < -0.4 is 0 Å². The summed E-state index contributed by atoms with van der Waals surface area (Å²) in [5.74, 6) is 0. The predicted molar refractivity (Wildman–Crippen MR) is 42.3 cm³/mol. The lowest BCUT2D eigenvalue weighted by Gasteiger charge is -2.04. The lowest BCUT2D eigenvalue weighted by atomic mass is 10.3. The Hall–Kier alpha value is -0.720. The molecule has 1 nitrogen and oxygen atoms in total. The van der Waals surface area contributed by atoms with Crippen molar-refractivity contribution >= 4 is 0 Å². The van der Waals surface area contributed by atoms with E-state index in [1.165, 1.54) is 5.57 Å². The summed E-state index contributed by atoms with van der Waals surface area (Å²) < 4.78 is 0. The van der Waals surface area contributed by atoms with Crippen LogP contribution in [0.4, 0.5) is 0 Å². The molecule has 0 atom stereocenters. The summed E-state index contributed by atoms with van der Waals surface area (Å²) in [6.07, 6.45) is 6.20. The maximum atomic E-state index is 2.08. The van der Waals surface area contributed by atoms with E-state index in [4.69, 9.17) is 0 Å². The quantitative estimate of drug-likeness (QED) is 0.510. The summed E-state index contributed by atoms with van der Waals surface area (Å²) in [7, 11) is 4.04. The minimum atomic E-state index is 1.28. The molecular weight excluding hydrogens is 110 g/mol. The first-order valence-electron chi connectivity index (χ1n) is 3.14. The molecule has 0 aliphatic carbocycles. The zero-order chi connectivity index (χ0) is 7.28. The fourth-order valence-corrected chi connectivity index (χ4v) is 0.713. The van der Waals surface area contributed by atoms with Crippen molar-refractivity contribution < 1.29 is 0 Å². The Morgan fingerprint density at radius 2 is 1.89 bits per heavy atom. The lowest BCUT2D eigenvalue weighted by Crippen LogP contribution is -2.01. The molecular formula is C8H15N. The zero-order valence-electron chi connectivity index (χ0n) is 6.68. The van der Waals surface area contributed by atoms with Crippen molar-refractivity contribution in [3.05, 3.63) is 23.9 Å². The molecule has 0 heterocycles. The summed E-state index contributed by atoms with van der Waals surface area (Å²) in [5, 5.41) is 0. The fourth-order valence-electron chi connectivity index (χ4n) is 0.713. The lowest BCUT2D eigenvalue weighted by molar-refractivity contribution is 0.560. The topological polar surface area (TPSA) is 3.24 Å². The van der Waals surface area contributed by atoms with E-state index in [-0.39, 0.29) is 0 Å². The Bertz CT molecular complexity index is 121. The third-order valence-electron chi connectivity index (χ3n) is 0.891. The predicted octanol–water partition coefficient (Wildman–Crippen LogP) is 2.03. The van der Waals surface area contributed by atoms with Gasteiger partial charge in [0.2, 0.25) is 0 Å². The molecule has 52 valence electrons. The Balaban J connectivity index is 3.84. The van der Waals surface area contributed by atoms with Crippen LogP contribution in [0.1, 0.15) is 13.8 Å². The van der Waals surface area contributed by atoms with Gasteiger partial charge in [0.05, 0.1) is 0 Å². The zero-order valence-corrected chi connectivity index (χ0v) is 6.68. The molecule has 0 aromatic rings. The van der Waals surface area contributed by atoms with Gasteiger partial charge in [-0.15, -0.1) is 0 Å². The molecule has 9 heavy (non-hydrogen) atoms. The minimum Gasteiger partial charge on any atom is -0.383 e. The van der Waals surface area contributed by atoms with Gasteiger partial charge in [-0.1, -0.05) is 12.2 Å². The Morgan fingerprint density at radius 1 is 1.33 bits per heavy atom. The Labute approximate surface area is 57.7 Å². The van der Waals surface area contributed by atoms with E-state index in [0.717, 1.165) is 0 Å². The second-order valence-corrected chi connectivity index (χ2v) is 2.34. The molecule has 0 aliphatic rings. The molecule has 0 rings (SSSR count). The Kier molecular flexibility index (Phi) is 3.85. The van der Waals surface area contributed by atoms with Crippen LogP contribution in [0.2, 0.25) is 0 Å². The van der Waals surface area contributed by atoms with Gasteiger partial charge < -0.3 is 4.90 Å². The number of hydrogen-bond donors (Lipinski definition) is 0. The number of rotatable bonds is 2. The van der Waals surface area contributed by atoms with E-state index in [1.54, 1.807) is 0 Å². The maximum Gasteiger partial charge on any atom is 0.00557 e. The monoisotopic (exact) mass is 125 g/mol. The van der Waals surface area contributed by atoms with Gasteiger partial charge in [-0.3, -0.25) is 0 Å². The van der Waals surface area contributed by atoms with Crippen LogP contribution in [0.3, 0.4) is 0 Å². The molecule has 0 saturated heterocycles. The first kappa shape index (κ1) is 8.28. The molecule has 0 bridgehead atoms. The first-order valence-corrected chi connectivity index (χ1v) is 3.14. The van der Waals surface area contributed by atoms with Crippen molar-refractivity contribution in [2.24, 2.45) is 0 Å². The van der Waals surface area contributed by atoms with Crippen molar-refractivity contribution in [2.45, 2.75) is 13.8 Å². The van der Waals surface area contributed by atoms with Gasteiger partial charge in [-0.25, -0.2) is 0 Å². The van der Waals surface area contributed by atoms with E-state index < -0.39 is 0 Å². The van der Waals surface area contributed by atoms with Gasteiger partial charge >= 0.3 is 0 Å². The SMILES string of the molecule is CC=CC(C)=CN(C)C. The third kappa shape index (κ3) is 5.15. The van der Waals surface area contributed by atoms with Gasteiger partial charge in [0, 0.05) is 20.3 Å². The summed E-state index contributed by atoms with van der Waals surface area (Å²) in [5.41, 5.74) is 1.28. The van der Waals surface area contributed by atoms with Gasteiger partial charge in [-0.2, -0.15) is 0 Å². The van der Waals surface area contributed by atoms with E-state index in [2.05, 4.69) is 19.2 Å². The highest BCUT2D eigenvalue weighted by molar-refractivity contribution is 5.13. The molecule has 0 spiro atoms. The number of hydrogen-bond acceptors (Lipinski definition) is 1. The smallest absolute Gasteiger partial charge is 0.00557 e. The van der Waals surface area contributed by atoms with E-state index in [9.17, 15) is 0 Å². The van der Waals surface area contributed by atoms with Crippen LogP contribution in [0, 0.1) is 0 Å². The minimum absolute atomic E-state index is 1.28. The molecule has 0 N–H and O–H groups in total. The van der Waals surface area contributed by atoms with Crippen LogP contribution in [-0.4, -0.2) is 19.0 Å². The van der Waals surface area contributed by atoms with Crippen molar-refractivity contribution in [3.63, 3.8) is 0 Å². The van der Waals surface area contributed by atoms with Crippen LogP contribution in [0.15, 0.2) is 23.9 Å². The van der Waals surface area contributed by atoms with Crippen molar-refractivity contribution in [2.75, 3.05) is 14.1 Å². The average molecular weight is 125 g/mol. The third-order valence-corrected chi connectivity index (χ3v) is 0.891. The Morgan fingerprint density at radius 3 is 2.22 bits per heavy atom. The number of nitrogens with zero attached hydrogens (tertiary/aromatic N) is 1. The van der Waals surface area contributed by atoms with Crippen molar-refractivity contribution in [1.82, 2.24) is 4.90 Å². The van der Waals surface area contributed by atoms with E-state index in [0.29, 0.717) is 0 Å². The van der Waals surface area contributed by atoms with Gasteiger partial charge in [0.1, 0.15) is 0 Å². The summed E-state index contributed by atoms with van der Waals surface area (Å²) in [6, 6.07) is 0. The summed E-state index contributed by atoms with van der Waals surface area (Å²) in [6.45, 7) is 4.10. The van der Waals surface area contributed by atoms with Crippen molar-refractivity contribution in [3.8, 4) is 0 Å². The highest BCUT2D eigenvalue weighted by atomic mass is 15.0. The average Bonchev–Trinajstić information content (AvgIpc) is 1.63. The molecule has 0 aliphatic heterocycles. The van der Waals surface area contributed by atoms with Crippen LogP contribution in [0.5, 0.6) is 0 Å².